The molecule has 1 aromatic carbocycles. The number of benzene rings is 1. The lowest BCUT2D eigenvalue weighted by molar-refractivity contribution is 0.766. The third kappa shape index (κ3) is 2.67. The van der Waals surface area contributed by atoms with E-state index in [4.69, 9.17) is 11.0 Å². The van der Waals surface area contributed by atoms with Crippen molar-refractivity contribution in [2.45, 2.75) is 16.3 Å². The highest BCUT2D eigenvalue weighted by Gasteiger charge is 2.06. The van der Waals surface area contributed by atoms with Gasteiger partial charge in [-0.25, -0.2) is 0 Å². The first-order valence-corrected chi connectivity index (χ1v) is 5.94. The zero-order valence-electron chi connectivity index (χ0n) is 9.42. The summed E-state index contributed by atoms with van der Waals surface area (Å²) in [5.41, 5.74) is 7.17. The van der Waals surface area contributed by atoms with Gasteiger partial charge in [-0.3, -0.25) is 4.68 Å². The second-order valence-corrected chi connectivity index (χ2v) is 4.71. The molecule has 0 atom stereocenters. The van der Waals surface area contributed by atoms with E-state index in [2.05, 4.69) is 11.2 Å². The van der Waals surface area contributed by atoms with Crippen LogP contribution in [0.2, 0.25) is 0 Å². The molecule has 2 aromatic rings. The Hall–Kier alpha value is -1.77. The molecule has 0 fully saturated rings. The van der Waals surface area contributed by atoms with Crippen molar-refractivity contribution < 1.29 is 0 Å². The monoisotopic (exact) mass is 244 g/mol. The van der Waals surface area contributed by atoms with E-state index in [1.165, 1.54) is 11.8 Å². The van der Waals surface area contributed by atoms with Gasteiger partial charge >= 0.3 is 0 Å². The smallest absolute Gasteiger partial charge is 0.100 e. The van der Waals surface area contributed by atoms with Crippen LogP contribution in [0.1, 0.15) is 11.1 Å². The molecule has 2 N–H and O–H groups in total. The number of rotatable bonds is 3. The lowest BCUT2D eigenvalue weighted by Gasteiger charge is -2.03. The first-order chi connectivity index (χ1) is 8.22. The zero-order valence-corrected chi connectivity index (χ0v) is 10.2. The van der Waals surface area contributed by atoms with E-state index in [1.807, 2.05) is 31.4 Å². The number of hydrogen-bond acceptors (Lipinski definition) is 4. The lowest BCUT2D eigenvalue weighted by atomic mass is 10.1. The molecule has 17 heavy (non-hydrogen) atoms. The normalized spacial score (nSPS) is 10.2. The van der Waals surface area contributed by atoms with Gasteiger partial charge in [-0.2, -0.15) is 10.4 Å². The van der Waals surface area contributed by atoms with Gasteiger partial charge in [-0.1, -0.05) is 17.8 Å². The maximum Gasteiger partial charge on any atom is 0.100 e. The first kappa shape index (κ1) is 11.7. The van der Waals surface area contributed by atoms with Gasteiger partial charge in [0, 0.05) is 24.7 Å². The van der Waals surface area contributed by atoms with Crippen LogP contribution in [0.25, 0.3) is 0 Å². The van der Waals surface area contributed by atoms with Crippen LogP contribution in [-0.2, 0) is 13.6 Å². The molecule has 0 aliphatic rings. The molecule has 1 heterocycles. The molecule has 86 valence electrons. The Kier molecular flexibility index (Phi) is 3.47. The van der Waals surface area contributed by atoms with Crippen LogP contribution in [0.4, 0.5) is 0 Å². The highest BCUT2D eigenvalue weighted by atomic mass is 32.2. The quantitative estimate of drug-likeness (QED) is 0.895. The molecule has 0 saturated heterocycles. The second-order valence-electron chi connectivity index (χ2n) is 3.60. The molecule has 0 unspecified atom stereocenters. The third-order valence-electron chi connectivity index (χ3n) is 2.31. The zero-order chi connectivity index (χ0) is 12.3. The minimum absolute atomic E-state index is 0.451. The summed E-state index contributed by atoms with van der Waals surface area (Å²) in [4.78, 5) is 1.95. The van der Waals surface area contributed by atoms with E-state index >= 15 is 0 Å². The van der Waals surface area contributed by atoms with Crippen LogP contribution in [0.5, 0.6) is 0 Å². The van der Waals surface area contributed by atoms with Gasteiger partial charge < -0.3 is 5.73 Å². The number of aryl methyl sites for hydroxylation is 1. The molecule has 0 bridgehead atoms. The Labute approximate surface area is 104 Å². The molecule has 5 heteroatoms. The van der Waals surface area contributed by atoms with Crippen LogP contribution in [-0.4, -0.2) is 9.78 Å². The van der Waals surface area contributed by atoms with Crippen LogP contribution in [0.15, 0.2) is 40.4 Å². The minimum Gasteiger partial charge on any atom is -0.326 e. The number of nitrogens with two attached hydrogens (primary N) is 1. The van der Waals surface area contributed by atoms with Crippen LogP contribution >= 0.6 is 11.8 Å². The Morgan fingerprint density at radius 3 is 2.94 bits per heavy atom. The summed E-state index contributed by atoms with van der Waals surface area (Å²) in [6.07, 6.45) is 3.70. The predicted molar refractivity (Wildman–Crippen MR) is 66.4 cm³/mol. The molecule has 4 nitrogen and oxygen atoms in total. The average Bonchev–Trinajstić information content (AvgIpc) is 2.75. The fourth-order valence-electron chi connectivity index (χ4n) is 1.46. The van der Waals surface area contributed by atoms with Crippen molar-refractivity contribution in [3.63, 3.8) is 0 Å². The Morgan fingerprint density at radius 2 is 2.35 bits per heavy atom. The van der Waals surface area contributed by atoms with Gasteiger partial charge in [0.1, 0.15) is 6.07 Å². The molecule has 2 rings (SSSR count). The standard InChI is InChI=1S/C12H12N4S/c1-16-8-11(7-15-16)17-12-3-2-9(5-13)4-10(12)6-14/h2-4,7-8H,5,13H2,1H3. The summed E-state index contributed by atoms with van der Waals surface area (Å²) in [5.74, 6) is 0. The molecular weight excluding hydrogens is 232 g/mol. The van der Waals surface area contributed by atoms with Crippen molar-refractivity contribution in [2.75, 3.05) is 0 Å². The fourth-order valence-corrected chi connectivity index (χ4v) is 2.37. The van der Waals surface area contributed by atoms with E-state index in [0.717, 1.165) is 15.4 Å². The number of nitrogens with zero attached hydrogens (tertiary/aromatic N) is 3. The maximum absolute atomic E-state index is 9.10. The Bertz CT molecular complexity index is 568. The molecule has 0 amide bonds. The van der Waals surface area contributed by atoms with E-state index in [-0.39, 0.29) is 0 Å². The van der Waals surface area contributed by atoms with E-state index in [9.17, 15) is 0 Å². The highest BCUT2D eigenvalue weighted by Crippen LogP contribution is 2.30. The van der Waals surface area contributed by atoms with Crippen molar-refractivity contribution in [3.05, 3.63) is 41.7 Å². The van der Waals surface area contributed by atoms with E-state index < -0.39 is 0 Å². The van der Waals surface area contributed by atoms with E-state index in [0.29, 0.717) is 12.1 Å². The molecule has 0 saturated carbocycles. The molecular formula is C12H12N4S. The number of aromatic nitrogens is 2. The summed E-state index contributed by atoms with van der Waals surface area (Å²) in [7, 11) is 1.87. The van der Waals surface area contributed by atoms with Crippen LogP contribution in [0, 0.1) is 11.3 Å². The summed E-state index contributed by atoms with van der Waals surface area (Å²) in [5, 5.41) is 13.2. The summed E-state index contributed by atoms with van der Waals surface area (Å²) < 4.78 is 1.74. The van der Waals surface area contributed by atoms with Crippen LogP contribution in [0.3, 0.4) is 0 Å². The molecule has 0 aliphatic heterocycles. The summed E-state index contributed by atoms with van der Waals surface area (Å²) in [6.45, 7) is 0.451. The maximum atomic E-state index is 9.10. The first-order valence-electron chi connectivity index (χ1n) is 5.12. The fraction of sp³-hybridized carbons (Fsp3) is 0.167. The highest BCUT2D eigenvalue weighted by molar-refractivity contribution is 7.99. The van der Waals surface area contributed by atoms with Gasteiger partial charge in [0.25, 0.3) is 0 Å². The SMILES string of the molecule is Cn1cc(Sc2ccc(CN)cc2C#N)cn1. The predicted octanol–water partition coefficient (Wildman–Crippen LogP) is 1.90. The van der Waals surface area contributed by atoms with Crippen molar-refractivity contribution in [1.82, 2.24) is 9.78 Å². The number of nitriles is 1. The van der Waals surface area contributed by atoms with Crippen molar-refractivity contribution in [3.8, 4) is 6.07 Å². The van der Waals surface area contributed by atoms with E-state index in [1.54, 1.807) is 10.9 Å². The van der Waals surface area contributed by atoms with Gasteiger partial charge in [-0.15, -0.1) is 0 Å². The summed E-state index contributed by atoms with van der Waals surface area (Å²) in [6, 6.07) is 7.90. The molecule has 0 spiro atoms. The van der Waals surface area contributed by atoms with Gasteiger partial charge in [0.15, 0.2) is 0 Å². The largest absolute Gasteiger partial charge is 0.326 e. The van der Waals surface area contributed by atoms with Gasteiger partial charge in [0.2, 0.25) is 0 Å². The van der Waals surface area contributed by atoms with Gasteiger partial charge in [0.05, 0.1) is 16.7 Å². The van der Waals surface area contributed by atoms with Crippen molar-refractivity contribution in [2.24, 2.45) is 12.8 Å². The Morgan fingerprint density at radius 1 is 1.53 bits per heavy atom. The Balaban J connectivity index is 2.30. The minimum atomic E-state index is 0.451. The summed E-state index contributed by atoms with van der Waals surface area (Å²) >= 11 is 1.53. The lowest BCUT2D eigenvalue weighted by Crippen LogP contribution is -1.96. The van der Waals surface area contributed by atoms with Crippen molar-refractivity contribution >= 4 is 11.8 Å². The molecule has 1 aromatic heterocycles. The number of hydrogen-bond donors (Lipinski definition) is 1. The second kappa shape index (κ2) is 5.04. The molecule has 0 aliphatic carbocycles. The van der Waals surface area contributed by atoms with Crippen molar-refractivity contribution in [1.29, 1.82) is 5.26 Å². The average molecular weight is 244 g/mol. The van der Waals surface area contributed by atoms with Gasteiger partial charge in [-0.05, 0) is 17.7 Å². The third-order valence-corrected chi connectivity index (χ3v) is 3.33. The molecule has 0 radical (unpaired) electrons. The topological polar surface area (TPSA) is 67.6 Å². The van der Waals surface area contributed by atoms with Crippen LogP contribution < -0.4 is 5.73 Å².